The van der Waals surface area contributed by atoms with Gasteiger partial charge >= 0.3 is 17.5 Å². The number of alkyl halides is 3. The Bertz CT molecular complexity index is 1400. The summed E-state index contributed by atoms with van der Waals surface area (Å²) in [4.78, 5) is 39.6. The Kier molecular flexibility index (Phi) is 12.0. The molecule has 0 saturated carbocycles. The molecule has 0 fully saturated rings. The summed E-state index contributed by atoms with van der Waals surface area (Å²) in [7, 11) is 3.36. The number of likely N-dealkylation sites (N-methyl/N-ethyl adjacent to an activating group) is 1. The van der Waals surface area contributed by atoms with Crippen LogP contribution in [0.5, 0.6) is 0 Å². The van der Waals surface area contributed by atoms with Crippen molar-refractivity contribution >= 4 is 64.4 Å². The summed E-state index contributed by atoms with van der Waals surface area (Å²) in [5, 5.41) is 5.10. The first-order valence-corrected chi connectivity index (χ1v) is 13.0. The summed E-state index contributed by atoms with van der Waals surface area (Å²) in [5.41, 5.74) is -4.42. The highest BCUT2D eigenvalue weighted by Gasteiger charge is 2.28. The smallest absolute Gasteiger partial charge is 0.442 e. The molecule has 3 rings (SSSR count). The van der Waals surface area contributed by atoms with Gasteiger partial charge in [0.2, 0.25) is 5.91 Å². The maximum Gasteiger partial charge on any atom is 0.442 e. The SMILES string of the molecule is CCOC(=O)C(CCC(=O)n1cc(NC(=O)Nc2ccc(F)c(CSC(F)(F)F)c2)c2cc(F)ccc21)N(C)C.Cl. The van der Waals surface area contributed by atoms with Gasteiger partial charge in [0.15, 0.2) is 0 Å². The highest BCUT2D eigenvalue weighted by Crippen LogP contribution is 2.34. The predicted octanol–water partition coefficient (Wildman–Crippen LogP) is 6.65. The molecule has 0 saturated heterocycles. The van der Waals surface area contributed by atoms with Gasteiger partial charge in [0.25, 0.3) is 0 Å². The summed E-state index contributed by atoms with van der Waals surface area (Å²) >= 11 is -0.417. The summed E-state index contributed by atoms with van der Waals surface area (Å²) in [6.07, 6.45) is 1.38. The lowest BCUT2D eigenvalue weighted by molar-refractivity contribution is -0.148. The lowest BCUT2D eigenvalue weighted by atomic mass is 10.1. The number of anilines is 2. The number of halogens is 6. The Morgan fingerprint density at radius 1 is 1.07 bits per heavy atom. The lowest BCUT2D eigenvalue weighted by Gasteiger charge is -2.22. The Morgan fingerprint density at radius 2 is 1.78 bits per heavy atom. The molecule has 2 amide bonds. The van der Waals surface area contributed by atoms with E-state index in [1.54, 1.807) is 25.9 Å². The monoisotopic (exact) mass is 622 g/mol. The third-order valence-electron chi connectivity index (χ3n) is 5.79. The largest absolute Gasteiger partial charge is 0.465 e. The number of urea groups is 1. The van der Waals surface area contributed by atoms with Gasteiger partial charge in [-0.15, -0.1) is 12.4 Å². The van der Waals surface area contributed by atoms with Crippen LogP contribution in [-0.2, 0) is 15.3 Å². The van der Waals surface area contributed by atoms with Crippen LogP contribution in [0, 0.1) is 11.6 Å². The maximum absolute atomic E-state index is 14.1. The summed E-state index contributed by atoms with van der Waals surface area (Å²) in [5.74, 6) is -3.07. The molecule has 0 aliphatic rings. The topological polar surface area (TPSA) is 92.7 Å². The second-order valence-corrected chi connectivity index (χ2v) is 9.90. The average Bonchev–Trinajstić information content (AvgIpc) is 3.21. The molecule has 0 bridgehead atoms. The Morgan fingerprint density at radius 3 is 2.41 bits per heavy atom. The molecule has 8 nitrogen and oxygen atoms in total. The molecule has 1 atom stereocenters. The van der Waals surface area contributed by atoms with Gasteiger partial charge in [0.05, 0.1) is 17.8 Å². The number of carbonyl (C=O) groups is 3. The number of amides is 2. The van der Waals surface area contributed by atoms with E-state index in [0.29, 0.717) is 5.52 Å². The number of nitrogens with zero attached hydrogens (tertiary/aromatic N) is 2. The molecular weight excluding hydrogens is 595 g/mol. The number of thioether (sulfide) groups is 1. The Balaban J connectivity index is 0.00000588. The molecule has 41 heavy (non-hydrogen) atoms. The fourth-order valence-electron chi connectivity index (χ4n) is 3.92. The average molecular weight is 623 g/mol. The van der Waals surface area contributed by atoms with Crippen molar-refractivity contribution in [2.75, 3.05) is 31.3 Å². The van der Waals surface area contributed by atoms with Crippen LogP contribution in [-0.4, -0.2) is 59.6 Å². The summed E-state index contributed by atoms with van der Waals surface area (Å²) < 4.78 is 71.8. The third-order valence-corrected chi connectivity index (χ3v) is 6.57. The molecule has 0 radical (unpaired) electrons. The van der Waals surface area contributed by atoms with Gasteiger partial charge < -0.3 is 15.4 Å². The number of carbonyl (C=O) groups excluding carboxylic acids is 3. The van der Waals surface area contributed by atoms with Gasteiger partial charge in [-0.25, -0.2) is 13.6 Å². The predicted molar refractivity (Wildman–Crippen MR) is 150 cm³/mol. The van der Waals surface area contributed by atoms with Gasteiger partial charge in [-0.1, -0.05) is 0 Å². The van der Waals surface area contributed by atoms with Crippen LogP contribution in [0.3, 0.4) is 0 Å². The van der Waals surface area contributed by atoms with Crippen molar-refractivity contribution < 1.29 is 41.1 Å². The van der Waals surface area contributed by atoms with Gasteiger partial charge in [-0.05, 0) is 75.6 Å². The molecule has 0 aliphatic carbocycles. The van der Waals surface area contributed by atoms with Crippen LogP contribution < -0.4 is 10.6 Å². The zero-order valence-electron chi connectivity index (χ0n) is 22.2. The molecular formula is C26H28ClF5N4O4S. The highest BCUT2D eigenvalue weighted by atomic mass is 35.5. The van der Waals surface area contributed by atoms with Crippen LogP contribution in [0.15, 0.2) is 42.6 Å². The van der Waals surface area contributed by atoms with E-state index >= 15 is 0 Å². The normalized spacial score (nSPS) is 12.1. The molecule has 1 heterocycles. The quantitative estimate of drug-likeness (QED) is 0.194. The van der Waals surface area contributed by atoms with Crippen molar-refractivity contribution in [3.05, 3.63) is 59.8 Å². The zero-order chi connectivity index (χ0) is 29.6. The number of hydrogen-bond acceptors (Lipinski definition) is 6. The standard InChI is InChI=1S/C26H27F5N4O4S.ClH/c1-4-39-24(37)22(34(2)3)9-10-23(36)35-13-20(18-12-16(27)5-8-21(18)35)33-25(38)32-17-6-7-19(28)15(11-17)14-40-26(29,30)31;/h5-8,11-13,22H,4,9-10,14H2,1-3H3,(H2,32,33,38);1H. The van der Waals surface area contributed by atoms with Crippen molar-refractivity contribution in [1.82, 2.24) is 9.47 Å². The summed E-state index contributed by atoms with van der Waals surface area (Å²) in [6, 6.07) is 5.30. The number of hydrogen-bond donors (Lipinski definition) is 2. The van der Waals surface area contributed by atoms with Crippen molar-refractivity contribution in [2.24, 2.45) is 0 Å². The number of aromatic nitrogens is 1. The lowest BCUT2D eigenvalue weighted by Crippen LogP contribution is -2.37. The molecule has 15 heteroatoms. The van der Waals surface area contributed by atoms with E-state index in [1.807, 2.05) is 0 Å². The van der Waals surface area contributed by atoms with Gasteiger partial charge in [0, 0.05) is 35.0 Å². The molecule has 2 N–H and O–H groups in total. The number of nitrogens with one attached hydrogen (secondary N) is 2. The third kappa shape index (κ3) is 9.33. The van der Waals surface area contributed by atoms with Crippen LogP contribution in [0.4, 0.5) is 38.1 Å². The van der Waals surface area contributed by atoms with E-state index in [2.05, 4.69) is 10.6 Å². The van der Waals surface area contributed by atoms with Crippen molar-refractivity contribution in [3.8, 4) is 0 Å². The van der Waals surface area contributed by atoms with E-state index < -0.39 is 58.6 Å². The number of ether oxygens (including phenoxy) is 1. The van der Waals surface area contributed by atoms with Crippen LogP contribution in [0.25, 0.3) is 10.9 Å². The fourth-order valence-corrected chi connectivity index (χ4v) is 4.46. The van der Waals surface area contributed by atoms with Crippen LogP contribution >= 0.6 is 24.2 Å². The molecule has 1 unspecified atom stereocenters. The van der Waals surface area contributed by atoms with E-state index in [1.165, 1.54) is 22.9 Å². The molecule has 3 aromatic rings. The second-order valence-electron chi connectivity index (χ2n) is 8.86. The van der Waals surface area contributed by atoms with Crippen molar-refractivity contribution in [2.45, 2.75) is 37.1 Å². The molecule has 2 aromatic carbocycles. The zero-order valence-corrected chi connectivity index (χ0v) is 23.8. The number of esters is 1. The van der Waals surface area contributed by atoms with Gasteiger partial charge in [-0.3, -0.25) is 19.1 Å². The van der Waals surface area contributed by atoms with Crippen molar-refractivity contribution in [1.29, 1.82) is 0 Å². The fraction of sp³-hybridized carbons (Fsp3) is 0.346. The number of benzene rings is 2. The minimum absolute atomic E-state index is 0. The molecule has 1 aromatic heterocycles. The highest BCUT2D eigenvalue weighted by molar-refractivity contribution is 7.99. The molecule has 224 valence electrons. The Hall–Kier alpha value is -3.36. The van der Waals surface area contributed by atoms with Crippen LogP contribution in [0.1, 0.15) is 30.1 Å². The number of rotatable bonds is 10. The first-order valence-electron chi connectivity index (χ1n) is 12.0. The molecule has 0 aliphatic heterocycles. The summed E-state index contributed by atoms with van der Waals surface area (Å²) in [6.45, 7) is 1.86. The minimum atomic E-state index is -4.56. The Labute approximate surface area is 243 Å². The van der Waals surface area contributed by atoms with E-state index in [4.69, 9.17) is 4.74 Å². The van der Waals surface area contributed by atoms with Gasteiger partial charge in [0.1, 0.15) is 17.7 Å². The van der Waals surface area contributed by atoms with Crippen LogP contribution in [0.2, 0.25) is 0 Å². The van der Waals surface area contributed by atoms with E-state index in [9.17, 15) is 36.3 Å². The van der Waals surface area contributed by atoms with E-state index in [0.717, 1.165) is 24.3 Å². The first-order chi connectivity index (χ1) is 18.8. The first kappa shape index (κ1) is 33.8. The minimum Gasteiger partial charge on any atom is -0.465 e. The maximum atomic E-state index is 14.1. The second kappa shape index (κ2) is 14.5. The van der Waals surface area contributed by atoms with Gasteiger partial charge in [-0.2, -0.15) is 13.2 Å². The molecule has 0 spiro atoms. The number of fused-ring (bicyclic) bond motifs is 1. The van der Waals surface area contributed by atoms with Crippen molar-refractivity contribution in [3.63, 3.8) is 0 Å². The van der Waals surface area contributed by atoms with E-state index in [-0.39, 0.29) is 54.2 Å².